The van der Waals surface area contributed by atoms with E-state index in [1.54, 1.807) is 35.5 Å². The second-order valence-electron chi connectivity index (χ2n) is 6.59. The number of carbonyl (C=O) groups is 2. The smallest absolute Gasteiger partial charge is 0.348 e. The molecule has 2 aromatic heterocycles. The summed E-state index contributed by atoms with van der Waals surface area (Å²) in [5.74, 6) is 0.789. The van der Waals surface area contributed by atoms with E-state index in [-0.39, 0.29) is 11.9 Å². The molecule has 1 aliphatic rings. The van der Waals surface area contributed by atoms with E-state index in [4.69, 9.17) is 14.2 Å². The van der Waals surface area contributed by atoms with Crippen molar-refractivity contribution in [1.29, 1.82) is 0 Å². The molecular weight excluding hydrogens is 404 g/mol. The van der Waals surface area contributed by atoms with E-state index in [0.29, 0.717) is 42.7 Å². The molecule has 0 aliphatic carbocycles. The molecule has 0 atom stereocenters. The van der Waals surface area contributed by atoms with E-state index in [2.05, 4.69) is 4.98 Å². The number of pyridine rings is 1. The fourth-order valence-corrected chi connectivity index (χ4v) is 4.01. The second-order valence-corrected chi connectivity index (χ2v) is 7.68. The highest BCUT2D eigenvalue weighted by molar-refractivity contribution is 7.20. The number of hydrogen-bond acceptors (Lipinski definition) is 7. The van der Waals surface area contributed by atoms with Gasteiger partial charge in [-0.2, -0.15) is 0 Å². The zero-order valence-electron chi connectivity index (χ0n) is 16.4. The third kappa shape index (κ3) is 4.50. The summed E-state index contributed by atoms with van der Waals surface area (Å²) in [5, 5.41) is 0.801. The molecule has 0 saturated carbocycles. The summed E-state index contributed by atoms with van der Waals surface area (Å²) in [6, 6.07) is 9.15. The van der Waals surface area contributed by atoms with Crippen LogP contribution in [0.2, 0.25) is 0 Å². The quantitative estimate of drug-likeness (QED) is 0.459. The van der Waals surface area contributed by atoms with E-state index in [1.807, 2.05) is 24.3 Å². The molecule has 30 heavy (non-hydrogen) atoms. The molecule has 1 fully saturated rings. The van der Waals surface area contributed by atoms with Gasteiger partial charge in [0.1, 0.15) is 10.6 Å². The minimum absolute atomic E-state index is 0.0183. The maximum atomic E-state index is 12.2. The van der Waals surface area contributed by atoms with Gasteiger partial charge in [0.25, 0.3) is 0 Å². The molecule has 1 saturated heterocycles. The van der Waals surface area contributed by atoms with Gasteiger partial charge in [-0.1, -0.05) is 12.1 Å². The molecule has 0 radical (unpaired) electrons. The topological polar surface area (TPSA) is 78.0 Å². The van der Waals surface area contributed by atoms with Gasteiger partial charge < -0.3 is 19.1 Å². The Kier molecular flexibility index (Phi) is 6.06. The Labute approximate surface area is 177 Å². The van der Waals surface area contributed by atoms with Crippen LogP contribution < -0.4 is 4.74 Å². The Morgan fingerprint density at radius 1 is 1.17 bits per heavy atom. The molecule has 1 amide bonds. The molecule has 0 N–H and O–H groups in total. The summed E-state index contributed by atoms with van der Waals surface area (Å²) < 4.78 is 16.9. The minimum atomic E-state index is -0.384. The average molecular weight is 424 g/mol. The average Bonchev–Trinajstić information content (AvgIpc) is 3.24. The van der Waals surface area contributed by atoms with Crippen LogP contribution in [0.1, 0.15) is 15.2 Å². The van der Waals surface area contributed by atoms with Gasteiger partial charge in [-0.15, -0.1) is 11.3 Å². The number of esters is 1. The van der Waals surface area contributed by atoms with Crippen LogP contribution in [0.15, 0.2) is 48.8 Å². The third-order valence-electron chi connectivity index (χ3n) is 4.65. The maximum absolute atomic E-state index is 12.2. The number of aromatic nitrogens is 1. The highest BCUT2D eigenvalue weighted by Crippen LogP contribution is 2.34. The second kappa shape index (κ2) is 9.06. The monoisotopic (exact) mass is 424 g/mol. The van der Waals surface area contributed by atoms with E-state index in [1.165, 1.54) is 18.4 Å². The molecule has 3 heterocycles. The number of benzene rings is 1. The number of ether oxygens (including phenoxy) is 3. The number of morpholine rings is 1. The molecule has 7 nitrogen and oxygen atoms in total. The summed E-state index contributed by atoms with van der Waals surface area (Å²) in [4.78, 5) is 30.4. The lowest BCUT2D eigenvalue weighted by Gasteiger charge is -2.25. The number of amides is 1. The first-order valence-corrected chi connectivity index (χ1v) is 10.2. The predicted octanol–water partition coefficient (Wildman–Crippen LogP) is 3.75. The predicted molar refractivity (Wildman–Crippen MR) is 114 cm³/mol. The van der Waals surface area contributed by atoms with Crippen LogP contribution in [-0.4, -0.2) is 55.2 Å². The van der Waals surface area contributed by atoms with E-state index < -0.39 is 0 Å². The van der Waals surface area contributed by atoms with Crippen LogP contribution in [0, 0.1) is 0 Å². The molecular formula is C22H20N2O5S. The number of fused-ring (bicyclic) bond motifs is 1. The number of rotatable bonds is 5. The van der Waals surface area contributed by atoms with Crippen molar-refractivity contribution in [2.24, 2.45) is 0 Å². The molecule has 0 bridgehead atoms. The largest absolute Gasteiger partial charge is 0.465 e. The number of hydrogen-bond donors (Lipinski definition) is 0. The maximum Gasteiger partial charge on any atom is 0.348 e. The fraction of sp³-hybridized carbons (Fsp3) is 0.227. The van der Waals surface area contributed by atoms with E-state index >= 15 is 0 Å². The van der Waals surface area contributed by atoms with Crippen LogP contribution in [0.25, 0.3) is 16.2 Å². The summed E-state index contributed by atoms with van der Waals surface area (Å²) in [5.41, 5.74) is 0.892. The summed E-state index contributed by atoms with van der Waals surface area (Å²) in [7, 11) is 1.35. The lowest BCUT2D eigenvalue weighted by molar-refractivity contribution is -0.129. The number of thiophene rings is 1. The lowest BCUT2D eigenvalue weighted by atomic mass is 10.2. The highest BCUT2D eigenvalue weighted by Gasteiger charge is 2.15. The number of nitrogens with zero attached hydrogens (tertiary/aromatic N) is 2. The third-order valence-corrected chi connectivity index (χ3v) is 5.70. The first-order valence-electron chi connectivity index (χ1n) is 9.42. The van der Waals surface area contributed by atoms with Crippen molar-refractivity contribution in [3.8, 4) is 11.5 Å². The van der Waals surface area contributed by atoms with Crippen molar-refractivity contribution in [1.82, 2.24) is 9.88 Å². The van der Waals surface area contributed by atoms with Crippen molar-refractivity contribution in [2.75, 3.05) is 33.4 Å². The van der Waals surface area contributed by atoms with Crippen molar-refractivity contribution in [3.05, 3.63) is 59.2 Å². The van der Waals surface area contributed by atoms with Gasteiger partial charge in [-0.25, -0.2) is 4.79 Å². The molecule has 0 unspecified atom stereocenters. The van der Waals surface area contributed by atoms with Gasteiger partial charge in [-0.3, -0.25) is 9.78 Å². The molecule has 1 aromatic carbocycles. The molecule has 154 valence electrons. The molecule has 1 aliphatic heterocycles. The van der Waals surface area contributed by atoms with Crippen molar-refractivity contribution in [3.63, 3.8) is 0 Å². The first-order chi connectivity index (χ1) is 14.6. The Balaban J connectivity index is 1.46. The molecule has 3 aromatic rings. The van der Waals surface area contributed by atoms with E-state index in [0.717, 1.165) is 15.6 Å². The van der Waals surface area contributed by atoms with Gasteiger partial charge in [0.2, 0.25) is 5.91 Å². The van der Waals surface area contributed by atoms with Crippen LogP contribution >= 0.6 is 11.3 Å². The fourth-order valence-electron chi connectivity index (χ4n) is 3.05. The molecule has 4 rings (SSSR count). The number of methoxy groups -OCH3 is 1. The standard InChI is InChI=1S/C22H20N2O5S/c1-27-22(26)19-12-17-18(13-23-14-20(17)30-19)29-16-5-2-15(3-6-16)4-7-21(25)24-8-10-28-11-9-24/h2-7,12-14H,8-11H2,1H3/b7-4+. The molecule has 0 spiro atoms. The minimum Gasteiger partial charge on any atom is -0.465 e. The van der Waals surface area contributed by atoms with Crippen LogP contribution in [0.5, 0.6) is 11.5 Å². The first kappa shape index (κ1) is 20.1. The van der Waals surface area contributed by atoms with Gasteiger partial charge in [0.05, 0.1) is 31.2 Å². The van der Waals surface area contributed by atoms with Gasteiger partial charge in [-0.05, 0) is 29.8 Å². The van der Waals surface area contributed by atoms with Gasteiger partial charge >= 0.3 is 5.97 Å². The normalized spacial score (nSPS) is 14.2. The SMILES string of the molecule is COC(=O)c1cc2c(Oc3ccc(/C=C/C(=O)N4CCOCC4)cc3)cncc2s1. The van der Waals surface area contributed by atoms with Crippen LogP contribution in [-0.2, 0) is 14.3 Å². The van der Waals surface area contributed by atoms with Gasteiger partial charge in [0, 0.05) is 30.7 Å². The lowest BCUT2D eigenvalue weighted by Crippen LogP contribution is -2.39. The highest BCUT2D eigenvalue weighted by atomic mass is 32.1. The Hall–Kier alpha value is -3.23. The molecule has 8 heteroatoms. The van der Waals surface area contributed by atoms with E-state index in [9.17, 15) is 9.59 Å². The Morgan fingerprint density at radius 3 is 2.67 bits per heavy atom. The number of carbonyl (C=O) groups excluding carboxylic acids is 2. The van der Waals surface area contributed by atoms with Crippen molar-refractivity contribution in [2.45, 2.75) is 0 Å². The Bertz CT molecular complexity index is 1080. The van der Waals surface area contributed by atoms with Crippen molar-refractivity contribution >= 4 is 39.4 Å². The summed E-state index contributed by atoms with van der Waals surface area (Å²) in [6.07, 6.45) is 6.67. The van der Waals surface area contributed by atoms with Gasteiger partial charge in [0.15, 0.2) is 5.75 Å². The van der Waals surface area contributed by atoms with Crippen LogP contribution in [0.3, 0.4) is 0 Å². The van der Waals surface area contributed by atoms with Crippen LogP contribution in [0.4, 0.5) is 0 Å². The Morgan fingerprint density at radius 2 is 1.93 bits per heavy atom. The summed E-state index contributed by atoms with van der Waals surface area (Å²) in [6.45, 7) is 2.41. The zero-order chi connectivity index (χ0) is 20.9. The zero-order valence-corrected chi connectivity index (χ0v) is 17.2. The van der Waals surface area contributed by atoms with Crippen molar-refractivity contribution < 1.29 is 23.8 Å². The summed E-state index contributed by atoms with van der Waals surface area (Å²) >= 11 is 1.31.